The fraction of sp³-hybridized carbons (Fsp3) is 0.750. The van der Waals surface area contributed by atoms with Gasteiger partial charge < -0.3 is 0 Å². The molecule has 1 aromatic rings. The van der Waals surface area contributed by atoms with Gasteiger partial charge in [-0.2, -0.15) is 0 Å². The first kappa shape index (κ1) is 15.1. The molecule has 0 atom stereocenters. The third-order valence-corrected chi connectivity index (χ3v) is 4.59. The Labute approximate surface area is 112 Å². The minimum atomic E-state index is 0.230. The van der Waals surface area contributed by atoms with Crippen LogP contribution in [0.2, 0.25) is 0 Å². The van der Waals surface area contributed by atoms with E-state index in [-0.39, 0.29) is 5.41 Å². The van der Waals surface area contributed by atoms with E-state index in [1.54, 1.807) is 0 Å². The lowest BCUT2D eigenvalue weighted by atomic mass is 9.79. The van der Waals surface area contributed by atoms with Crippen molar-refractivity contribution < 1.29 is 0 Å². The van der Waals surface area contributed by atoms with Gasteiger partial charge >= 0.3 is 0 Å². The summed E-state index contributed by atoms with van der Waals surface area (Å²) in [6.07, 6.45) is 9.79. The molecular weight excluding hydrogens is 220 g/mol. The molecule has 0 saturated carbocycles. The maximum Gasteiger partial charge on any atom is 0.128 e. The minimum absolute atomic E-state index is 0.230. The van der Waals surface area contributed by atoms with Gasteiger partial charge in [-0.15, -0.1) is 0 Å². The molecule has 18 heavy (non-hydrogen) atoms. The van der Waals surface area contributed by atoms with Crippen LogP contribution in [0.4, 0.5) is 0 Å². The van der Waals surface area contributed by atoms with Crippen molar-refractivity contribution in [2.45, 2.75) is 72.1 Å². The first-order chi connectivity index (χ1) is 8.59. The molecule has 0 N–H and O–H groups in total. The molecule has 0 aromatic carbocycles. The molecule has 0 radical (unpaired) electrons. The first-order valence-corrected chi connectivity index (χ1v) is 7.40. The van der Waals surface area contributed by atoms with Crippen molar-refractivity contribution in [2.75, 3.05) is 0 Å². The van der Waals surface area contributed by atoms with Gasteiger partial charge in [-0.1, -0.05) is 47.5 Å². The normalized spacial score (nSPS) is 12.1. The summed E-state index contributed by atoms with van der Waals surface area (Å²) in [4.78, 5) is 9.13. The van der Waals surface area contributed by atoms with E-state index in [1.807, 2.05) is 12.4 Å². The average Bonchev–Trinajstić information content (AvgIpc) is 2.44. The van der Waals surface area contributed by atoms with E-state index in [1.165, 1.54) is 18.4 Å². The van der Waals surface area contributed by atoms with E-state index in [9.17, 15) is 0 Å². The lowest BCUT2D eigenvalue weighted by molar-refractivity contribution is 0.433. The maximum absolute atomic E-state index is 4.57. The Morgan fingerprint density at radius 1 is 1.00 bits per heavy atom. The SMILES string of the molecule is CCC(CC)Cc1ncc(C(C)(CC)CC)cn1. The molecule has 102 valence electrons. The van der Waals surface area contributed by atoms with Gasteiger partial charge in [0.2, 0.25) is 0 Å². The molecule has 1 heterocycles. The standard InChI is InChI=1S/C16H28N2/c1-6-13(7-2)10-15-17-11-14(12-18-15)16(5,8-3)9-4/h11-13H,6-10H2,1-5H3. The van der Waals surface area contributed by atoms with Crippen LogP contribution in [-0.4, -0.2) is 9.97 Å². The zero-order valence-corrected chi connectivity index (χ0v) is 12.7. The summed E-state index contributed by atoms with van der Waals surface area (Å²) in [7, 11) is 0. The highest BCUT2D eigenvalue weighted by Gasteiger charge is 2.23. The lowest BCUT2D eigenvalue weighted by Crippen LogP contribution is -2.20. The highest BCUT2D eigenvalue weighted by Crippen LogP contribution is 2.29. The molecule has 2 nitrogen and oxygen atoms in total. The first-order valence-electron chi connectivity index (χ1n) is 7.40. The van der Waals surface area contributed by atoms with Gasteiger partial charge in [0.15, 0.2) is 0 Å². The predicted octanol–water partition coefficient (Wildman–Crippen LogP) is 4.53. The van der Waals surface area contributed by atoms with Crippen LogP contribution >= 0.6 is 0 Å². The molecular formula is C16H28N2. The van der Waals surface area contributed by atoms with E-state index >= 15 is 0 Å². The molecule has 0 aliphatic carbocycles. The molecule has 0 aliphatic rings. The molecule has 0 bridgehead atoms. The summed E-state index contributed by atoms with van der Waals surface area (Å²) in [6, 6.07) is 0. The molecule has 1 rings (SSSR count). The Morgan fingerprint density at radius 3 is 1.89 bits per heavy atom. The summed E-state index contributed by atoms with van der Waals surface area (Å²) < 4.78 is 0. The van der Waals surface area contributed by atoms with Crippen LogP contribution in [0.1, 0.15) is 71.7 Å². The Balaban J connectivity index is 2.79. The number of hydrogen-bond donors (Lipinski definition) is 0. The third-order valence-electron chi connectivity index (χ3n) is 4.59. The largest absolute Gasteiger partial charge is 0.241 e. The van der Waals surface area contributed by atoms with Crippen molar-refractivity contribution in [3.63, 3.8) is 0 Å². The van der Waals surface area contributed by atoms with Crippen LogP contribution in [0, 0.1) is 5.92 Å². The lowest BCUT2D eigenvalue weighted by Gasteiger charge is -2.26. The van der Waals surface area contributed by atoms with Gasteiger partial charge in [-0.05, 0) is 29.7 Å². The summed E-state index contributed by atoms with van der Waals surface area (Å²) in [5, 5.41) is 0. The van der Waals surface area contributed by atoms with Gasteiger partial charge in [0.05, 0.1) is 0 Å². The van der Waals surface area contributed by atoms with Gasteiger partial charge in [0.25, 0.3) is 0 Å². The number of hydrogen-bond acceptors (Lipinski definition) is 2. The van der Waals surface area contributed by atoms with Crippen molar-refractivity contribution in [3.05, 3.63) is 23.8 Å². The highest BCUT2D eigenvalue weighted by molar-refractivity contribution is 5.17. The van der Waals surface area contributed by atoms with Gasteiger partial charge in [0.1, 0.15) is 5.82 Å². The number of aromatic nitrogens is 2. The Kier molecular flexibility index (Phi) is 5.77. The number of rotatable bonds is 7. The van der Waals surface area contributed by atoms with E-state index in [0.29, 0.717) is 0 Å². The van der Waals surface area contributed by atoms with Gasteiger partial charge in [0, 0.05) is 18.8 Å². The van der Waals surface area contributed by atoms with Gasteiger partial charge in [-0.25, -0.2) is 9.97 Å². The van der Waals surface area contributed by atoms with E-state index in [2.05, 4.69) is 44.6 Å². The van der Waals surface area contributed by atoms with Crippen molar-refractivity contribution in [1.29, 1.82) is 0 Å². The second-order valence-corrected chi connectivity index (χ2v) is 5.54. The second kappa shape index (κ2) is 6.86. The highest BCUT2D eigenvalue weighted by atomic mass is 14.9. The van der Waals surface area contributed by atoms with Crippen LogP contribution in [-0.2, 0) is 11.8 Å². The zero-order chi connectivity index (χ0) is 13.6. The third kappa shape index (κ3) is 3.54. The van der Waals surface area contributed by atoms with E-state index in [4.69, 9.17) is 0 Å². The quantitative estimate of drug-likeness (QED) is 0.708. The summed E-state index contributed by atoms with van der Waals surface area (Å²) in [5.41, 5.74) is 1.51. The monoisotopic (exact) mass is 248 g/mol. The number of nitrogens with zero attached hydrogens (tertiary/aromatic N) is 2. The van der Waals surface area contributed by atoms with Crippen molar-refractivity contribution in [3.8, 4) is 0 Å². The van der Waals surface area contributed by atoms with Crippen LogP contribution < -0.4 is 0 Å². The molecule has 0 amide bonds. The minimum Gasteiger partial charge on any atom is -0.241 e. The van der Waals surface area contributed by atoms with Crippen LogP contribution in [0.15, 0.2) is 12.4 Å². The fourth-order valence-corrected chi connectivity index (χ4v) is 2.27. The Morgan fingerprint density at radius 2 is 1.50 bits per heavy atom. The summed E-state index contributed by atoms with van der Waals surface area (Å²) in [5.74, 6) is 1.72. The summed E-state index contributed by atoms with van der Waals surface area (Å²) in [6.45, 7) is 11.3. The maximum atomic E-state index is 4.57. The smallest absolute Gasteiger partial charge is 0.128 e. The molecule has 0 spiro atoms. The Hall–Kier alpha value is -0.920. The fourth-order valence-electron chi connectivity index (χ4n) is 2.27. The van der Waals surface area contributed by atoms with Crippen molar-refractivity contribution in [2.24, 2.45) is 5.92 Å². The van der Waals surface area contributed by atoms with E-state index in [0.717, 1.165) is 31.0 Å². The topological polar surface area (TPSA) is 25.8 Å². The molecule has 1 aromatic heterocycles. The van der Waals surface area contributed by atoms with Crippen molar-refractivity contribution in [1.82, 2.24) is 9.97 Å². The molecule has 0 aliphatic heterocycles. The Bertz CT molecular complexity index is 335. The van der Waals surface area contributed by atoms with Crippen molar-refractivity contribution >= 4 is 0 Å². The van der Waals surface area contributed by atoms with E-state index < -0.39 is 0 Å². The molecule has 2 heteroatoms. The van der Waals surface area contributed by atoms with Gasteiger partial charge in [-0.3, -0.25) is 0 Å². The van der Waals surface area contributed by atoms with Crippen LogP contribution in [0.5, 0.6) is 0 Å². The van der Waals surface area contributed by atoms with Crippen LogP contribution in [0.3, 0.4) is 0 Å². The predicted molar refractivity (Wildman–Crippen MR) is 77.7 cm³/mol. The molecule has 0 unspecified atom stereocenters. The van der Waals surface area contributed by atoms with Crippen LogP contribution in [0.25, 0.3) is 0 Å². The molecule has 0 fully saturated rings. The zero-order valence-electron chi connectivity index (χ0n) is 12.7. The molecule has 0 saturated heterocycles. The summed E-state index contributed by atoms with van der Waals surface area (Å²) >= 11 is 0. The average molecular weight is 248 g/mol. The second-order valence-electron chi connectivity index (χ2n) is 5.54.